The van der Waals surface area contributed by atoms with Crippen LogP contribution >= 0.6 is 0 Å². The highest BCUT2D eigenvalue weighted by Gasteiger charge is 1.99. The van der Waals surface area contributed by atoms with Crippen molar-refractivity contribution in [3.05, 3.63) is 48.0 Å². The molecular formula is C12H13N3O. The summed E-state index contributed by atoms with van der Waals surface area (Å²) < 4.78 is 2.01. The molecule has 16 heavy (non-hydrogen) atoms. The minimum Gasteiger partial charge on any atom is -0.355 e. The molecule has 4 heteroatoms. The van der Waals surface area contributed by atoms with E-state index in [0.29, 0.717) is 13.0 Å². The van der Waals surface area contributed by atoms with Crippen molar-refractivity contribution in [1.82, 2.24) is 14.9 Å². The average molecular weight is 215 g/mol. The van der Waals surface area contributed by atoms with Crippen molar-refractivity contribution in [2.75, 3.05) is 0 Å². The van der Waals surface area contributed by atoms with E-state index >= 15 is 0 Å². The third kappa shape index (κ3) is 2.11. The fraction of sp³-hybridized carbons (Fsp3) is 0.167. The van der Waals surface area contributed by atoms with Crippen LogP contribution in [0.1, 0.15) is 11.4 Å². The summed E-state index contributed by atoms with van der Waals surface area (Å²) in [7, 11) is 0. The van der Waals surface area contributed by atoms with Crippen molar-refractivity contribution >= 4 is 6.41 Å². The number of nitrogens with one attached hydrogen (secondary N) is 1. The van der Waals surface area contributed by atoms with Crippen molar-refractivity contribution in [2.24, 2.45) is 0 Å². The Morgan fingerprint density at radius 3 is 2.69 bits per heavy atom. The van der Waals surface area contributed by atoms with E-state index in [1.54, 1.807) is 6.20 Å². The normalized spacial score (nSPS) is 10.1. The summed E-state index contributed by atoms with van der Waals surface area (Å²) in [5, 5.41) is 2.63. The molecule has 82 valence electrons. The van der Waals surface area contributed by atoms with E-state index in [-0.39, 0.29) is 0 Å². The highest BCUT2D eigenvalue weighted by Crippen LogP contribution is 2.11. The molecule has 1 N–H and O–H groups in total. The van der Waals surface area contributed by atoms with Gasteiger partial charge in [-0.1, -0.05) is 12.1 Å². The largest absolute Gasteiger partial charge is 0.355 e. The first kappa shape index (κ1) is 10.4. The summed E-state index contributed by atoms with van der Waals surface area (Å²) in [5.74, 6) is 0.957. The lowest BCUT2D eigenvalue weighted by atomic mass is 10.2. The van der Waals surface area contributed by atoms with Gasteiger partial charge < -0.3 is 9.88 Å². The van der Waals surface area contributed by atoms with Gasteiger partial charge in [0.1, 0.15) is 5.82 Å². The van der Waals surface area contributed by atoms with Crippen molar-refractivity contribution < 1.29 is 4.79 Å². The molecule has 0 saturated carbocycles. The number of aryl methyl sites for hydroxylation is 1. The van der Waals surface area contributed by atoms with Gasteiger partial charge in [0.15, 0.2) is 0 Å². The van der Waals surface area contributed by atoms with Crippen LogP contribution in [0.15, 0.2) is 36.7 Å². The molecule has 1 aromatic heterocycles. The predicted octanol–water partition coefficient (Wildman–Crippen LogP) is 1.43. The number of rotatable bonds is 4. The van der Waals surface area contributed by atoms with Gasteiger partial charge in [-0.25, -0.2) is 4.98 Å². The molecule has 0 aliphatic rings. The monoisotopic (exact) mass is 215 g/mol. The summed E-state index contributed by atoms with van der Waals surface area (Å²) in [6.07, 6.45) is 4.40. The topological polar surface area (TPSA) is 46.9 Å². The van der Waals surface area contributed by atoms with Crippen LogP contribution in [0.25, 0.3) is 5.69 Å². The van der Waals surface area contributed by atoms with E-state index in [9.17, 15) is 4.79 Å². The van der Waals surface area contributed by atoms with E-state index < -0.39 is 0 Å². The van der Waals surface area contributed by atoms with Crippen LogP contribution < -0.4 is 5.32 Å². The van der Waals surface area contributed by atoms with Gasteiger partial charge in [0.05, 0.1) is 0 Å². The van der Waals surface area contributed by atoms with Crippen LogP contribution in [0, 0.1) is 6.92 Å². The van der Waals surface area contributed by atoms with E-state index in [4.69, 9.17) is 0 Å². The molecule has 0 fully saturated rings. The first-order chi connectivity index (χ1) is 7.81. The molecule has 1 amide bonds. The van der Waals surface area contributed by atoms with E-state index in [0.717, 1.165) is 17.1 Å². The molecule has 2 rings (SSSR count). The molecule has 0 aliphatic carbocycles. The lowest BCUT2D eigenvalue weighted by molar-refractivity contribution is -0.109. The zero-order chi connectivity index (χ0) is 11.4. The van der Waals surface area contributed by atoms with Gasteiger partial charge in [-0.3, -0.25) is 4.79 Å². The first-order valence-electron chi connectivity index (χ1n) is 5.07. The lowest BCUT2D eigenvalue weighted by Gasteiger charge is -2.06. The molecule has 2 aromatic rings. The summed E-state index contributed by atoms with van der Waals surface area (Å²) in [5.41, 5.74) is 2.15. The highest BCUT2D eigenvalue weighted by atomic mass is 16.1. The van der Waals surface area contributed by atoms with Gasteiger partial charge >= 0.3 is 0 Å². The summed E-state index contributed by atoms with van der Waals surface area (Å²) >= 11 is 0. The van der Waals surface area contributed by atoms with Crippen molar-refractivity contribution in [3.8, 4) is 5.69 Å². The number of carbonyl (C=O) groups excluding carboxylic acids is 1. The van der Waals surface area contributed by atoms with Crippen LogP contribution in [0.5, 0.6) is 0 Å². The molecule has 1 heterocycles. The molecule has 0 bridgehead atoms. The zero-order valence-corrected chi connectivity index (χ0v) is 9.05. The number of hydrogen-bond acceptors (Lipinski definition) is 2. The Morgan fingerprint density at radius 1 is 1.38 bits per heavy atom. The molecule has 0 radical (unpaired) electrons. The molecule has 0 aliphatic heterocycles. The lowest BCUT2D eigenvalue weighted by Crippen LogP contribution is -2.09. The molecular weight excluding hydrogens is 202 g/mol. The summed E-state index contributed by atoms with van der Waals surface area (Å²) in [4.78, 5) is 14.3. The van der Waals surface area contributed by atoms with Crippen molar-refractivity contribution in [2.45, 2.75) is 13.5 Å². The molecule has 0 atom stereocenters. The first-order valence-corrected chi connectivity index (χ1v) is 5.07. The Morgan fingerprint density at radius 2 is 2.12 bits per heavy atom. The van der Waals surface area contributed by atoms with Crippen molar-refractivity contribution in [1.29, 1.82) is 0 Å². The van der Waals surface area contributed by atoms with Crippen LogP contribution in [0.2, 0.25) is 0 Å². The van der Waals surface area contributed by atoms with E-state index in [2.05, 4.69) is 10.3 Å². The number of imidazole rings is 1. The minimum absolute atomic E-state index is 0.562. The maximum Gasteiger partial charge on any atom is 0.207 e. The van der Waals surface area contributed by atoms with Crippen LogP contribution in [-0.4, -0.2) is 16.0 Å². The quantitative estimate of drug-likeness (QED) is 0.784. The molecule has 0 unspecified atom stereocenters. The zero-order valence-electron chi connectivity index (χ0n) is 9.05. The van der Waals surface area contributed by atoms with Gasteiger partial charge in [0.25, 0.3) is 0 Å². The Bertz CT molecular complexity index is 473. The standard InChI is InChI=1S/C12H13N3O/c1-10-14-6-7-15(10)12-4-2-11(3-5-12)8-13-9-16/h2-7,9H,8H2,1H3,(H,13,16). The third-order valence-electron chi connectivity index (χ3n) is 2.43. The smallest absolute Gasteiger partial charge is 0.207 e. The number of amides is 1. The molecule has 0 spiro atoms. The second kappa shape index (κ2) is 4.61. The minimum atomic E-state index is 0.562. The molecule has 1 aromatic carbocycles. The Hall–Kier alpha value is -2.10. The molecule has 0 saturated heterocycles. The van der Waals surface area contributed by atoms with Crippen LogP contribution in [-0.2, 0) is 11.3 Å². The van der Waals surface area contributed by atoms with E-state index in [1.807, 2.05) is 42.0 Å². The Labute approximate surface area is 93.9 Å². The third-order valence-corrected chi connectivity index (χ3v) is 2.43. The second-order valence-corrected chi connectivity index (χ2v) is 3.51. The molecule has 4 nitrogen and oxygen atoms in total. The van der Waals surface area contributed by atoms with Crippen LogP contribution in [0.4, 0.5) is 0 Å². The van der Waals surface area contributed by atoms with Gasteiger partial charge in [0.2, 0.25) is 6.41 Å². The number of benzene rings is 1. The van der Waals surface area contributed by atoms with Crippen molar-refractivity contribution in [3.63, 3.8) is 0 Å². The van der Waals surface area contributed by atoms with Crippen LogP contribution in [0.3, 0.4) is 0 Å². The number of hydrogen-bond donors (Lipinski definition) is 1. The van der Waals surface area contributed by atoms with Gasteiger partial charge in [0, 0.05) is 24.6 Å². The van der Waals surface area contributed by atoms with E-state index in [1.165, 1.54) is 0 Å². The van der Waals surface area contributed by atoms with Gasteiger partial charge in [-0.2, -0.15) is 0 Å². The van der Waals surface area contributed by atoms with Gasteiger partial charge in [-0.15, -0.1) is 0 Å². The summed E-state index contributed by atoms with van der Waals surface area (Å²) in [6.45, 7) is 2.52. The SMILES string of the molecule is Cc1nccn1-c1ccc(CNC=O)cc1. The Kier molecular flexibility index (Phi) is 3.00. The fourth-order valence-electron chi connectivity index (χ4n) is 1.58. The average Bonchev–Trinajstić information content (AvgIpc) is 2.74. The maximum atomic E-state index is 10.2. The Balaban J connectivity index is 2.19. The summed E-state index contributed by atoms with van der Waals surface area (Å²) in [6, 6.07) is 8.00. The number of nitrogens with zero attached hydrogens (tertiary/aromatic N) is 2. The second-order valence-electron chi connectivity index (χ2n) is 3.51. The number of aromatic nitrogens is 2. The predicted molar refractivity (Wildman–Crippen MR) is 61.2 cm³/mol. The van der Waals surface area contributed by atoms with Gasteiger partial charge in [-0.05, 0) is 24.6 Å². The number of carbonyl (C=O) groups is 1. The maximum absolute atomic E-state index is 10.2. The highest BCUT2D eigenvalue weighted by molar-refractivity contribution is 5.46. The fourth-order valence-corrected chi connectivity index (χ4v) is 1.58.